The molecule has 0 spiro atoms. The molecule has 0 amide bonds. The van der Waals surface area contributed by atoms with Crippen LogP contribution in [0.2, 0.25) is 0 Å². The van der Waals surface area contributed by atoms with Crippen molar-refractivity contribution >= 4 is 31.9 Å². The Kier molecular flexibility index (Phi) is 6.36. The van der Waals surface area contributed by atoms with Crippen molar-refractivity contribution in [2.45, 2.75) is 5.03 Å². The monoisotopic (exact) mass is 450 g/mol. The van der Waals surface area contributed by atoms with Crippen molar-refractivity contribution in [1.82, 2.24) is 9.97 Å². The predicted molar refractivity (Wildman–Crippen MR) is 116 cm³/mol. The molecule has 2 aromatic heterocycles. The molecule has 7 heteroatoms. The molecule has 31 heavy (non-hydrogen) atoms. The molecule has 5 nitrogen and oxygen atoms in total. The van der Waals surface area contributed by atoms with Gasteiger partial charge in [0.2, 0.25) is 0 Å². The van der Waals surface area contributed by atoms with Crippen LogP contribution in [0.25, 0.3) is 44.1 Å². The van der Waals surface area contributed by atoms with Crippen LogP contribution in [0.4, 0.5) is 0 Å². The van der Waals surface area contributed by atoms with Gasteiger partial charge in [0, 0.05) is 17.0 Å². The van der Waals surface area contributed by atoms with E-state index in [1.54, 1.807) is 6.20 Å². The molecule has 0 unspecified atom stereocenters. The summed E-state index contributed by atoms with van der Waals surface area (Å²) in [6.07, 6.45) is 1.67. The SMILES string of the molecule is O=S(=O)([O-])c1cc(-c2ccccc2)c2ccc3c(-c4ccccc4)ccnc3c2n1.[K+]. The van der Waals surface area contributed by atoms with Crippen LogP contribution in [0, 0.1) is 0 Å². The van der Waals surface area contributed by atoms with Gasteiger partial charge in [0.25, 0.3) is 0 Å². The summed E-state index contributed by atoms with van der Waals surface area (Å²) in [5.41, 5.74) is 4.34. The Morgan fingerprint density at radius 3 is 1.81 bits per heavy atom. The van der Waals surface area contributed by atoms with Crippen LogP contribution in [0.5, 0.6) is 0 Å². The number of benzene rings is 3. The molecule has 0 N–H and O–H groups in total. The van der Waals surface area contributed by atoms with Gasteiger partial charge in [-0.3, -0.25) is 4.98 Å². The summed E-state index contributed by atoms with van der Waals surface area (Å²) in [6, 6.07) is 26.3. The molecule has 0 atom stereocenters. The first kappa shape index (κ1) is 22.2. The third kappa shape index (κ3) is 4.23. The molecule has 146 valence electrons. The molecule has 0 saturated carbocycles. The quantitative estimate of drug-likeness (QED) is 0.239. The van der Waals surface area contributed by atoms with E-state index in [-0.39, 0.29) is 51.4 Å². The van der Waals surface area contributed by atoms with E-state index in [2.05, 4.69) is 9.97 Å². The Balaban J connectivity index is 0.00000231. The minimum atomic E-state index is -4.74. The molecular weight excluding hydrogens is 435 g/mol. The molecule has 0 aliphatic heterocycles. The second-order valence-corrected chi connectivity index (χ2v) is 8.24. The summed E-state index contributed by atoms with van der Waals surface area (Å²) in [5, 5.41) is 1.07. The Hall–Kier alpha value is -1.97. The number of nitrogens with zero attached hydrogens (tertiary/aromatic N) is 2. The van der Waals surface area contributed by atoms with Gasteiger partial charge >= 0.3 is 51.4 Å². The Morgan fingerprint density at radius 1 is 0.677 bits per heavy atom. The largest absolute Gasteiger partial charge is 1.00 e. The smallest absolute Gasteiger partial charge is 0.743 e. The third-order valence-electron chi connectivity index (χ3n) is 5.09. The zero-order valence-corrected chi connectivity index (χ0v) is 20.6. The van der Waals surface area contributed by atoms with Crippen molar-refractivity contribution in [3.63, 3.8) is 0 Å². The van der Waals surface area contributed by atoms with Crippen LogP contribution in [0.3, 0.4) is 0 Å². The third-order valence-corrected chi connectivity index (χ3v) is 5.81. The Bertz CT molecular complexity index is 1510. The van der Waals surface area contributed by atoms with Crippen molar-refractivity contribution in [3.05, 3.63) is 91.1 Å². The Labute approximate surface area is 222 Å². The van der Waals surface area contributed by atoms with E-state index in [4.69, 9.17) is 0 Å². The van der Waals surface area contributed by atoms with Gasteiger partial charge in [-0.25, -0.2) is 13.4 Å². The van der Waals surface area contributed by atoms with Crippen LogP contribution in [0.1, 0.15) is 0 Å². The summed E-state index contributed by atoms with van der Waals surface area (Å²) < 4.78 is 35.5. The molecule has 0 aliphatic carbocycles. The fourth-order valence-electron chi connectivity index (χ4n) is 3.73. The summed E-state index contributed by atoms with van der Waals surface area (Å²) in [4.78, 5) is 8.73. The molecular formula is C24H15KN2O3S. The van der Waals surface area contributed by atoms with Gasteiger partial charge in [-0.15, -0.1) is 0 Å². The number of aromatic nitrogens is 2. The first-order valence-electron chi connectivity index (χ1n) is 9.31. The summed E-state index contributed by atoms with van der Waals surface area (Å²) >= 11 is 0. The van der Waals surface area contributed by atoms with Crippen LogP contribution < -0.4 is 51.4 Å². The summed E-state index contributed by atoms with van der Waals surface area (Å²) in [6.45, 7) is 0. The normalized spacial score (nSPS) is 11.4. The van der Waals surface area contributed by atoms with Gasteiger partial charge in [-0.05, 0) is 34.4 Å². The van der Waals surface area contributed by atoms with Gasteiger partial charge in [-0.2, -0.15) is 0 Å². The first-order chi connectivity index (χ1) is 14.5. The van der Waals surface area contributed by atoms with Gasteiger partial charge in [0.1, 0.15) is 15.1 Å². The number of rotatable bonds is 3. The maximum atomic E-state index is 11.8. The average Bonchev–Trinajstić information content (AvgIpc) is 2.78. The summed E-state index contributed by atoms with van der Waals surface area (Å²) in [5.74, 6) is 0. The molecule has 5 rings (SSSR count). The van der Waals surface area contributed by atoms with E-state index in [0.717, 1.165) is 27.5 Å². The zero-order chi connectivity index (χ0) is 20.7. The van der Waals surface area contributed by atoms with Crippen molar-refractivity contribution in [1.29, 1.82) is 0 Å². The number of hydrogen-bond acceptors (Lipinski definition) is 5. The van der Waals surface area contributed by atoms with Crippen molar-refractivity contribution in [2.75, 3.05) is 0 Å². The van der Waals surface area contributed by atoms with E-state index in [1.807, 2.05) is 78.9 Å². The van der Waals surface area contributed by atoms with Crippen molar-refractivity contribution in [2.24, 2.45) is 0 Å². The fourth-order valence-corrected chi connectivity index (χ4v) is 4.20. The number of hydrogen-bond donors (Lipinski definition) is 0. The topological polar surface area (TPSA) is 83.0 Å². The molecule has 0 fully saturated rings. The van der Waals surface area contributed by atoms with E-state index >= 15 is 0 Å². The zero-order valence-electron chi connectivity index (χ0n) is 16.7. The molecule has 0 aliphatic rings. The molecule has 0 bridgehead atoms. The molecule has 0 saturated heterocycles. The minimum Gasteiger partial charge on any atom is -0.743 e. The maximum Gasteiger partial charge on any atom is 1.00 e. The van der Waals surface area contributed by atoms with Gasteiger partial charge < -0.3 is 4.55 Å². The van der Waals surface area contributed by atoms with Gasteiger partial charge in [0.15, 0.2) is 0 Å². The van der Waals surface area contributed by atoms with E-state index in [1.165, 1.54) is 6.07 Å². The summed E-state index contributed by atoms with van der Waals surface area (Å²) in [7, 11) is -4.74. The van der Waals surface area contributed by atoms with Crippen LogP contribution in [-0.2, 0) is 10.1 Å². The van der Waals surface area contributed by atoms with E-state index in [9.17, 15) is 13.0 Å². The number of fused-ring (bicyclic) bond motifs is 3. The van der Waals surface area contributed by atoms with E-state index in [0.29, 0.717) is 16.6 Å². The maximum absolute atomic E-state index is 11.8. The van der Waals surface area contributed by atoms with Gasteiger partial charge in [0.05, 0.1) is 11.0 Å². The van der Waals surface area contributed by atoms with Crippen LogP contribution in [0.15, 0.2) is 96.2 Å². The molecule has 3 aromatic carbocycles. The van der Waals surface area contributed by atoms with E-state index < -0.39 is 15.1 Å². The van der Waals surface area contributed by atoms with Crippen molar-refractivity contribution in [3.8, 4) is 22.3 Å². The predicted octanol–water partition coefficient (Wildman–Crippen LogP) is 2.03. The average molecular weight is 451 g/mol. The minimum absolute atomic E-state index is 0. The van der Waals surface area contributed by atoms with Crippen LogP contribution >= 0.6 is 0 Å². The molecule has 0 radical (unpaired) electrons. The molecule has 5 aromatic rings. The van der Waals surface area contributed by atoms with Crippen LogP contribution in [-0.4, -0.2) is 22.9 Å². The first-order valence-corrected chi connectivity index (χ1v) is 10.7. The Morgan fingerprint density at radius 2 is 1.23 bits per heavy atom. The second kappa shape index (κ2) is 8.88. The van der Waals surface area contributed by atoms with Crippen molar-refractivity contribution < 1.29 is 64.4 Å². The molecule has 2 heterocycles. The fraction of sp³-hybridized carbons (Fsp3) is 0. The second-order valence-electron chi connectivity index (χ2n) is 6.91. The number of pyridine rings is 2. The van der Waals surface area contributed by atoms with Gasteiger partial charge in [-0.1, -0.05) is 72.8 Å². The standard InChI is InChI=1S/C24H16N2O3S.K/c27-30(28,29)22-15-21(17-9-5-2-6-10-17)20-12-11-19-18(16-7-3-1-4-8-16)13-14-25-23(19)24(20)26-22;/h1-15H,(H,27,28,29);/q;+1/p-1.